The van der Waals surface area contributed by atoms with Gasteiger partial charge in [-0.15, -0.1) is 0 Å². The molecule has 0 bridgehead atoms. The van der Waals surface area contributed by atoms with Gasteiger partial charge >= 0.3 is 0 Å². The molecule has 0 saturated heterocycles. The molecule has 0 saturated carbocycles. The summed E-state index contributed by atoms with van der Waals surface area (Å²) in [4.78, 5) is 30.2. The number of para-hydroxylation sites is 2. The van der Waals surface area contributed by atoms with Gasteiger partial charge in [0.2, 0.25) is 5.43 Å². The van der Waals surface area contributed by atoms with E-state index >= 15 is 0 Å². The first-order chi connectivity index (χ1) is 14.0. The summed E-state index contributed by atoms with van der Waals surface area (Å²) in [6.07, 6.45) is 0. The van der Waals surface area contributed by atoms with Gasteiger partial charge in [0.15, 0.2) is 5.69 Å². The Kier molecular flexibility index (Phi) is 5.07. The number of hydrogen-bond donors (Lipinski definition) is 1. The Bertz CT molecular complexity index is 1290. The number of rotatable bonds is 5. The van der Waals surface area contributed by atoms with Gasteiger partial charge in [-0.05, 0) is 44.2 Å². The molecule has 0 fully saturated rings. The molecule has 4 aromatic rings. The first kappa shape index (κ1) is 19.1. The van der Waals surface area contributed by atoms with E-state index in [1.165, 1.54) is 0 Å². The number of carbonyl (C=O) groups is 1. The summed E-state index contributed by atoms with van der Waals surface area (Å²) in [6.45, 7) is 5.36. The molecule has 0 radical (unpaired) electrons. The topological polar surface area (TPSA) is 81.8 Å². The molecule has 148 valence electrons. The molecular formula is C21H20ClN5O2. The van der Waals surface area contributed by atoms with Gasteiger partial charge in [-0.2, -0.15) is 5.10 Å². The van der Waals surface area contributed by atoms with Crippen LogP contribution in [0.4, 0.5) is 0 Å². The van der Waals surface area contributed by atoms with Crippen molar-refractivity contribution in [2.45, 2.75) is 33.5 Å². The second-order valence-electron chi connectivity index (χ2n) is 6.60. The van der Waals surface area contributed by atoms with Crippen LogP contribution in [0.15, 0.2) is 47.3 Å². The van der Waals surface area contributed by atoms with E-state index in [9.17, 15) is 9.59 Å². The standard InChI is InChI=1S/C21H20ClN5O2/c1-3-26-17-8-6-5-7-15(17)24-18(26)12-23-21(29)19-20(28)14-11-13(22)9-10-16(14)27(4-2)25-19/h5-11H,3-4,12H2,1-2H3,(H,23,29). The third-order valence-corrected chi connectivity index (χ3v) is 5.12. The summed E-state index contributed by atoms with van der Waals surface area (Å²) >= 11 is 6.05. The Labute approximate surface area is 171 Å². The van der Waals surface area contributed by atoms with E-state index in [0.29, 0.717) is 22.5 Å². The van der Waals surface area contributed by atoms with Crippen LogP contribution >= 0.6 is 11.6 Å². The Morgan fingerprint density at radius 1 is 1.10 bits per heavy atom. The van der Waals surface area contributed by atoms with E-state index in [2.05, 4.69) is 15.4 Å². The van der Waals surface area contributed by atoms with E-state index < -0.39 is 11.3 Å². The average Bonchev–Trinajstić information content (AvgIpc) is 3.10. The Hall–Kier alpha value is -3.19. The number of imidazole rings is 1. The largest absolute Gasteiger partial charge is 0.343 e. The number of benzene rings is 2. The first-order valence-electron chi connectivity index (χ1n) is 9.46. The predicted octanol–water partition coefficient (Wildman–Crippen LogP) is 3.37. The fourth-order valence-corrected chi connectivity index (χ4v) is 3.68. The van der Waals surface area contributed by atoms with Crippen LogP contribution in [0.25, 0.3) is 21.9 Å². The van der Waals surface area contributed by atoms with Gasteiger partial charge in [-0.25, -0.2) is 4.98 Å². The number of nitrogens with zero attached hydrogens (tertiary/aromatic N) is 4. The molecule has 0 aliphatic rings. The highest BCUT2D eigenvalue weighted by Crippen LogP contribution is 2.17. The normalized spacial score (nSPS) is 11.3. The van der Waals surface area contributed by atoms with Crippen LogP contribution in [0, 0.1) is 0 Å². The quantitative estimate of drug-likeness (QED) is 0.548. The van der Waals surface area contributed by atoms with Gasteiger partial charge in [0, 0.05) is 18.1 Å². The maximum absolute atomic E-state index is 12.8. The van der Waals surface area contributed by atoms with Gasteiger partial charge in [0.25, 0.3) is 5.91 Å². The Balaban J connectivity index is 1.68. The van der Waals surface area contributed by atoms with Crippen LogP contribution in [0.5, 0.6) is 0 Å². The second kappa shape index (κ2) is 7.67. The molecule has 1 amide bonds. The van der Waals surface area contributed by atoms with E-state index in [-0.39, 0.29) is 12.2 Å². The maximum atomic E-state index is 12.8. The molecule has 29 heavy (non-hydrogen) atoms. The zero-order chi connectivity index (χ0) is 20.5. The van der Waals surface area contributed by atoms with Crippen molar-refractivity contribution < 1.29 is 4.79 Å². The molecule has 0 aliphatic carbocycles. The lowest BCUT2D eigenvalue weighted by atomic mass is 10.2. The minimum Gasteiger partial charge on any atom is -0.343 e. The minimum atomic E-state index is -0.534. The number of carbonyl (C=O) groups excluding carboxylic acids is 1. The number of aryl methyl sites for hydroxylation is 2. The molecule has 0 atom stereocenters. The fraction of sp³-hybridized carbons (Fsp3) is 0.238. The summed E-state index contributed by atoms with van der Waals surface area (Å²) in [5, 5.41) is 7.87. The highest BCUT2D eigenvalue weighted by Gasteiger charge is 2.18. The van der Waals surface area contributed by atoms with Crippen molar-refractivity contribution in [3.8, 4) is 0 Å². The number of hydrogen-bond acceptors (Lipinski definition) is 4. The summed E-state index contributed by atoms with van der Waals surface area (Å²) < 4.78 is 3.66. The number of amides is 1. The highest BCUT2D eigenvalue weighted by molar-refractivity contribution is 6.31. The Morgan fingerprint density at radius 2 is 1.90 bits per heavy atom. The van der Waals surface area contributed by atoms with Crippen molar-refractivity contribution in [1.29, 1.82) is 0 Å². The van der Waals surface area contributed by atoms with Crippen molar-refractivity contribution in [3.05, 3.63) is 69.2 Å². The van der Waals surface area contributed by atoms with Crippen molar-refractivity contribution in [3.63, 3.8) is 0 Å². The molecule has 7 nitrogen and oxygen atoms in total. The van der Waals surface area contributed by atoms with E-state index in [1.54, 1.807) is 22.9 Å². The number of fused-ring (bicyclic) bond motifs is 2. The van der Waals surface area contributed by atoms with Gasteiger partial charge in [0.05, 0.1) is 28.5 Å². The number of nitrogens with one attached hydrogen (secondary N) is 1. The Morgan fingerprint density at radius 3 is 2.66 bits per heavy atom. The molecular weight excluding hydrogens is 390 g/mol. The lowest BCUT2D eigenvalue weighted by Gasteiger charge is -2.11. The highest BCUT2D eigenvalue weighted by atomic mass is 35.5. The molecule has 0 aliphatic heterocycles. The molecule has 1 N–H and O–H groups in total. The SMILES string of the molecule is CCn1nc(C(=O)NCc2nc3ccccc3n2CC)c(=O)c2cc(Cl)ccc21. The monoisotopic (exact) mass is 409 g/mol. The third kappa shape index (κ3) is 3.38. The third-order valence-electron chi connectivity index (χ3n) is 4.89. The molecule has 2 aromatic carbocycles. The van der Waals surface area contributed by atoms with Crippen LogP contribution in [-0.2, 0) is 19.6 Å². The van der Waals surface area contributed by atoms with Crippen LogP contribution < -0.4 is 10.7 Å². The molecule has 8 heteroatoms. The van der Waals surface area contributed by atoms with E-state index in [1.807, 2.05) is 42.7 Å². The second-order valence-corrected chi connectivity index (χ2v) is 7.04. The molecule has 0 unspecified atom stereocenters. The summed E-state index contributed by atoms with van der Waals surface area (Å²) in [5.41, 5.74) is 1.93. The van der Waals surface area contributed by atoms with Crippen LogP contribution in [0.2, 0.25) is 5.02 Å². The van der Waals surface area contributed by atoms with Crippen molar-refractivity contribution >= 4 is 39.4 Å². The number of aromatic nitrogens is 4. The van der Waals surface area contributed by atoms with E-state index in [0.717, 1.165) is 23.4 Å². The molecule has 4 rings (SSSR count). The molecule has 2 heterocycles. The molecule has 2 aromatic heterocycles. The predicted molar refractivity (Wildman–Crippen MR) is 113 cm³/mol. The zero-order valence-electron chi connectivity index (χ0n) is 16.1. The smallest absolute Gasteiger partial charge is 0.276 e. The average molecular weight is 410 g/mol. The van der Waals surface area contributed by atoms with Crippen molar-refractivity contribution in [2.24, 2.45) is 0 Å². The van der Waals surface area contributed by atoms with Crippen LogP contribution in [-0.4, -0.2) is 25.2 Å². The zero-order valence-corrected chi connectivity index (χ0v) is 16.9. The summed E-state index contributed by atoms with van der Waals surface area (Å²) in [5.74, 6) is 0.190. The van der Waals surface area contributed by atoms with Gasteiger partial charge in [0.1, 0.15) is 5.82 Å². The summed E-state index contributed by atoms with van der Waals surface area (Å²) in [6, 6.07) is 12.8. The maximum Gasteiger partial charge on any atom is 0.276 e. The van der Waals surface area contributed by atoms with Gasteiger partial charge in [-0.3, -0.25) is 14.3 Å². The van der Waals surface area contributed by atoms with Crippen LogP contribution in [0.1, 0.15) is 30.2 Å². The first-order valence-corrected chi connectivity index (χ1v) is 9.84. The van der Waals surface area contributed by atoms with Gasteiger partial charge in [-0.1, -0.05) is 23.7 Å². The van der Waals surface area contributed by atoms with Crippen molar-refractivity contribution in [1.82, 2.24) is 24.6 Å². The lowest BCUT2D eigenvalue weighted by Crippen LogP contribution is -2.32. The summed E-state index contributed by atoms with van der Waals surface area (Å²) in [7, 11) is 0. The lowest BCUT2D eigenvalue weighted by molar-refractivity contribution is 0.0941. The van der Waals surface area contributed by atoms with Crippen molar-refractivity contribution in [2.75, 3.05) is 0 Å². The van der Waals surface area contributed by atoms with E-state index in [4.69, 9.17) is 11.6 Å². The minimum absolute atomic E-state index is 0.152. The fourth-order valence-electron chi connectivity index (χ4n) is 3.51. The number of halogens is 1. The molecule has 0 spiro atoms. The van der Waals surface area contributed by atoms with Crippen LogP contribution in [0.3, 0.4) is 0 Å². The van der Waals surface area contributed by atoms with Gasteiger partial charge < -0.3 is 9.88 Å².